The molecule has 0 aromatic heterocycles. The maximum Gasteiger partial charge on any atom is 0.291 e. The standard InChI is InChI=1S/C3H6O.HNO3.H3N/c1-3(2)4;2-1(3)4;/h1-2H3;(H,2,3,4);1H3. The van der Waals surface area contributed by atoms with E-state index < -0.39 is 5.09 Å². The third-order valence-electron chi connectivity index (χ3n) is 0. The van der Waals surface area contributed by atoms with Crippen molar-refractivity contribution in [3.05, 3.63) is 10.1 Å². The second-order valence-electron chi connectivity index (χ2n) is 1.15. The van der Waals surface area contributed by atoms with Gasteiger partial charge in [0.2, 0.25) is 0 Å². The number of Topliss-reactive ketones (excluding diaryl/α,β-unsaturated/α-hetero) is 1. The Labute approximate surface area is 52.2 Å². The molecule has 6 heteroatoms. The molecule has 0 amide bonds. The van der Waals surface area contributed by atoms with E-state index in [4.69, 9.17) is 15.3 Å². The summed E-state index contributed by atoms with van der Waals surface area (Å²) >= 11 is 0. The van der Waals surface area contributed by atoms with E-state index in [9.17, 15) is 4.79 Å². The lowest BCUT2D eigenvalue weighted by molar-refractivity contribution is -0.742. The number of carbonyl (C=O) groups excluding carboxylic acids is 1. The van der Waals surface area contributed by atoms with Crippen LogP contribution in [0, 0.1) is 10.1 Å². The highest BCUT2D eigenvalue weighted by molar-refractivity contribution is 5.72. The molecule has 0 heterocycles. The Bertz CT molecular complexity index is 71.8. The van der Waals surface area contributed by atoms with Gasteiger partial charge in [0.1, 0.15) is 5.78 Å². The Morgan fingerprint density at radius 2 is 1.56 bits per heavy atom. The molecule has 0 aromatic carbocycles. The lowest BCUT2D eigenvalue weighted by Crippen LogP contribution is -1.81. The fourth-order valence-electron chi connectivity index (χ4n) is 0. The quantitative estimate of drug-likeness (QED) is 0.371. The molecule has 0 radical (unpaired) electrons. The lowest BCUT2D eigenvalue weighted by Gasteiger charge is -1.56. The van der Waals surface area contributed by atoms with Gasteiger partial charge in [-0.15, -0.1) is 10.1 Å². The molecule has 0 aromatic rings. The molecule has 6 nitrogen and oxygen atoms in total. The highest BCUT2D eigenvalue weighted by atomic mass is 16.9. The van der Waals surface area contributed by atoms with Crippen LogP contribution in [-0.2, 0) is 4.79 Å². The number of hydrogen-bond donors (Lipinski definition) is 2. The van der Waals surface area contributed by atoms with Crippen LogP contribution in [0.15, 0.2) is 0 Å². The average molecular weight is 138 g/mol. The molecule has 0 aliphatic heterocycles. The normalized spacial score (nSPS) is 5.56. The largest absolute Gasteiger partial charge is 0.344 e. The SMILES string of the molecule is CC(C)=O.N.O=[N+]([O-])O. The van der Waals surface area contributed by atoms with Gasteiger partial charge in [-0.25, -0.2) is 0 Å². The van der Waals surface area contributed by atoms with E-state index >= 15 is 0 Å². The van der Waals surface area contributed by atoms with E-state index in [-0.39, 0.29) is 11.9 Å². The third-order valence-corrected chi connectivity index (χ3v) is 0. The summed E-state index contributed by atoms with van der Waals surface area (Å²) < 4.78 is 0. The molecule has 0 atom stereocenters. The maximum absolute atomic E-state index is 9.44. The topological polar surface area (TPSA) is 115 Å². The minimum absolute atomic E-state index is 0. The van der Waals surface area contributed by atoms with Crippen molar-refractivity contribution in [2.24, 2.45) is 0 Å². The summed E-state index contributed by atoms with van der Waals surface area (Å²) in [5, 5.41) is 13.6. The Morgan fingerprint density at radius 1 is 1.56 bits per heavy atom. The van der Waals surface area contributed by atoms with Crippen LogP contribution in [0.5, 0.6) is 0 Å². The van der Waals surface area contributed by atoms with E-state index in [0.717, 1.165) is 0 Å². The molecule has 0 saturated heterocycles. The van der Waals surface area contributed by atoms with Crippen molar-refractivity contribution in [1.82, 2.24) is 6.15 Å². The molecule has 0 rings (SSSR count). The number of ketones is 1. The minimum atomic E-state index is -1.50. The highest BCUT2D eigenvalue weighted by Gasteiger charge is 1.65. The number of rotatable bonds is 0. The molecule has 0 bridgehead atoms. The summed E-state index contributed by atoms with van der Waals surface area (Å²) in [4.78, 5) is 17.8. The van der Waals surface area contributed by atoms with Gasteiger partial charge in [0, 0.05) is 0 Å². The van der Waals surface area contributed by atoms with Crippen molar-refractivity contribution in [3.63, 3.8) is 0 Å². The first-order valence-corrected chi connectivity index (χ1v) is 1.77. The number of hydrogen-bond acceptors (Lipinski definition) is 4. The first kappa shape index (κ1) is 15.7. The molecule has 56 valence electrons. The van der Waals surface area contributed by atoms with E-state index in [1.54, 1.807) is 0 Å². The summed E-state index contributed by atoms with van der Waals surface area (Å²) in [5.41, 5.74) is 0. The molecule has 0 aliphatic carbocycles. The molecular formula is C3H10N2O4. The van der Waals surface area contributed by atoms with E-state index in [1.807, 2.05) is 0 Å². The van der Waals surface area contributed by atoms with E-state index in [1.165, 1.54) is 13.8 Å². The predicted octanol–water partition coefficient (Wildman–Crippen LogP) is 0.410. The smallest absolute Gasteiger partial charge is 0.291 e. The summed E-state index contributed by atoms with van der Waals surface area (Å²) in [5.74, 6) is 0.167. The van der Waals surface area contributed by atoms with Crippen LogP contribution in [0.4, 0.5) is 0 Å². The molecule has 0 unspecified atom stereocenters. The van der Waals surface area contributed by atoms with Crippen LogP contribution < -0.4 is 6.15 Å². The van der Waals surface area contributed by atoms with Gasteiger partial charge in [-0.2, -0.15) is 0 Å². The van der Waals surface area contributed by atoms with Crippen molar-refractivity contribution in [3.8, 4) is 0 Å². The van der Waals surface area contributed by atoms with Gasteiger partial charge in [0.15, 0.2) is 0 Å². The van der Waals surface area contributed by atoms with Crippen LogP contribution in [0.2, 0.25) is 0 Å². The summed E-state index contributed by atoms with van der Waals surface area (Å²) in [6.45, 7) is 3.06. The molecule has 0 fully saturated rings. The van der Waals surface area contributed by atoms with Crippen LogP contribution >= 0.6 is 0 Å². The summed E-state index contributed by atoms with van der Waals surface area (Å²) in [7, 11) is 0. The molecule has 0 aliphatic rings. The molecule has 0 saturated carbocycles. The maximum atomic E-state index is 9.44. The van der Waals surface area contributed by atoms with Gasteiger partial charge in [-0.1, -0.05) is 0 Å². The van der Waals surface area contributed by atoms with Crippen molar-refractivity contribution < 1.29 is 15.1 Å². The van der Waals surface area contributed by atoms with Crippen molar-refractivity contribution in [2.45, 2.75) is 13.8 Å². The Morgan fingerprint density at radius 3 is 1.56 bits per heavy atom. The monoisotopic (exact) mass is 138 g/mol. The van der Waals surface area contributed by atoms with Gasteiger partial charge >= 0.3 is 0 Å². The minimum Gasteiger partial charge on any atom is -0.344 e. The zero-order chi connectivity index (χ0) is 7.15. The Balaban J connectivity index is -0.0000000720. The van der Waals surface area contributed by atoms with Gasteiger partial charge in [0.25, 0.3) is 5.09 Å². The molecule has 4 N–H and O–H groups in total. The highest BCUT2D eigenvalue weighted by Crippen LogP contribution is 1.50. The fourth-order valence-corrected chi connectivity index (χ4v) is 0. The van der Waals surface area contributed by atoms with Crippen molar-refractivity contribution in [1.29, 1.82) is 0 Å². The van der Waals surface area contributed by atoms with Crippen LogP contribution in [0.3, 0.4) is 0 Å². The van der Waals surface area contributed by atoms with Crippen LogP contribution in [0.1, 0.15) is 13.8 Å². The zero-order valence-corrected chi connectivity index (χ0v) is 5.33. The van der Waals surface area contributed by atoms with Gasteiger partial charge in [0.05, 0.1) is 0 Å². The van der Waals surface area contributed by atoms with E-state index in [0.29, 0.717) is 0 Å². The second-order valence-corrected chi connectivity index (χ2v) is 1.15. The third kappa shape index (κ3) is 116. The Hall–Kier alpha value is -1.17. The summed E-state index contributed by atoms with van der Waals surface area (Å²) in [6.07, 6.45) is 0. The first-order chi connectivity index (χ1) is 3.46. The second kappa shape index (κ2) is 9.95. The zero-order valence-electron chi connectivity index (χ0n) is 5.33. The molecule has 9 heavy (non-hydrogen) atoms. The Kier molecular flexibility index (Phi) is 17.3. The molecular weight excluding hydrogens is 128 g/mol. The molecule has 0 spiro atoms. The lowest BCUT2D eigenvalue weighted by atomic mass is 10.6. The number of carbonyl (C=O) groups is 1. The number of nitrogens with zero attached hydrogens (tertiary/aromatic N) is 1. The van der Waals surface area contributed by atoms with Crippen LogP contribution in [0.25, 0.3) is 0 Å². The average Bonchev–Trinajstić information content (AvgIpc) is 1.25. The van der Waals surface area contributed by atoms with Gasteiger partial charge in [-0.3, -0.25) is 0 Å². The van der Waals surface area contributed by atoms with Crippen molar-refractivity contribution >= 4 is 5.78 Å². The fraction of sp³-hybridized carbons (Fsp3) is 0.667. The van der Waals surface area contributed by atoms with Crippen LogP contribution in [-0.4, -0.2) is 16.1 Å². The first-order valence-electron chi connectivity index (χ1n) is 1.77. The van der Waals surface area contributed by atoms with Gasteiger partial charge in [-0.05, 0) is 13.8 Å². The van der Waals surface area contributed by atoms with Crippen molar-refractivity contribution in [2.75, 3.05) is 0 Å². The summed E-state index contributed by atoms with van der Waals surface area (Å²) in [6, 6.07) is 0. The van der Waals surface area contributed by atoms with Gasteiger partial charge < -0.3 is 16.2 Å². The van der Waals surface area contributed by atoms with E-state index in [2.05, 4.69) is 0 Å². The predicted molar refractivity (Wildman–Crippen MR) is 30.2 cm³/mol.